The van der Waals surface area contributed by atoms with Crippen LogP contribution in [-0.4, -0.2) is 52.1 Å². The molecule has 1 saturated heterocycles. The van der Waals surface area contributed by atoms with Crippen molar-refractivity contribution in [1.82, 2.24) is 0 Å². The molecule has 0 saturated carbocycles. The van der Waals surface area contributed by atoms with E-state index in [0.29, 0.717) is 0 Å². The zero-order valence-corrected chi connectivity index (χ0v) is 10.9. The fraction of sp³-hybridized carbons (Fsp3) is 0.400. The Kier molecular flexibility index (Phi) is 5.03. The third-order valence-corrected chi connectivity index (χ3v) is 3.27. The Labute approximate surface area is 117 Å². The van der Waals surface area contributed by atoms with Gasteiger partial charge in [-0.25, -0.2) is 0 Å². The largest absolute Gasteiger partial charge is 0.388 e. The maximum absolute atomic E-state index is 11.8. The fourth-order valence-corrected chi connectivity index (χ4v) is 2.07. The van der Waals surface area contributed by atoms with Crippen molar-refractivity contribution in [3.8, 4) is 0 Å². The molecule has 1 aliphatic heterocycles. The minimum Gasteiger partial charge on any atom is -0.388 e. The summed E-state index contributed by atoms with van der Waals surface area (Å²) in [5.41, 5.74) is 0.904. The van der Waals surface area contributed by atoms with Crippen LogP contribution in [0.1, 0.15) is 12.0 Å². The number of allylic oxidation sites excluding steroid dienone is 1. The van der Waals surface area contributed by atoms with Gasteiger partial charge in [0.05, 0.1) is 12.7 Å². The molecule has 5 heteroatoms. The minimum atomic E-state index is -1.28. The molecule has 4 atom stereocenters. The SMILES string of the molecule is O=C(/C=C/c1ccccc1)CC1OC[C@@H](O)[C@@H](O)[C@H]1O. The summed E-state index contributed by atoms with van der Waals surface area (Å²) in [4.78, 5) is 11.8. The summed E-state index contributed by atoms with van der Waals surface area (Å²) >= 11 is 0. The van der Waals surface area contributed by atoms with Crippen LogP contribution in [0.5, 0.6) is 0 Å². The minimum absolute atomic E-state index is 0.0335. The molecule has 1 heterocycles. The van der Waals surface area contributed by atoms with E-state index in [-0.39, 0.29) is 18.8 Å². The summed E-state index contributed by atoms with van der Waals surface area (Å²) in [6.07, 6.45) is -1.37. The summed E-state index contributed by atoms with van der Waals surface area (Å²) in [7, 11) is 0. The molecule has 0 aromatic heterocycles. The van der Waals surface area contributed by atoms with Crippen LogP contribution in [0.15, 0.2) is 36.4 Å². The quantitative estimate of drug-likeness (QED) is 0.682. The second-order valence-corrected chi connectivity index (χ2v) is 4.83. The van der Waals surface area contributed by atoms with Crippen molar-refractivity contribution in [1.29, 1.82) is 0 Å². The van der Waals surface area contributed by atoms with Gasteiger partial charge in [0.25, 0.3) is 0 Å². The van der Waals surface area contributed by atoms with E-state index in [4.69, 9.17) is 4.74 Å². The Morgan fingerprint density at radius 1 is 1.20 bits per heavy atom. The van der Waals surface area contributed by atoms with Gasteiger partial charge in [-0.05, 0) is 11.6 Å². The maximum Gasteiger partial charge on any atom is 0.158 e. The number of hydrogen-bond donors (Lipinski definition) is 3. The average Bonchev–Trinajstić information content (AvgIpc) is 2.47. The Morgan fingerprint density at radius 2 is 1.90 bits per heavy atom. The van der Waals surface area contributed by atoms with Gasteiger partial charge < -0.3 is 20.1 Å². The smallest absolute Gasteiger partial charge is 0.158 e. The number of rotatable bonds is 4. The van der Waals surface area contributed by atoms with Crippen LogP contribution < -0.4 is 0 Å². The first-order chi connectivity index (χ1) is 9.58. The Balaban J connectivity index is 1.90. The molecule has 1 unspecified atom stereocenters. The number of ketones is 1. The van der Waals surface area contributed by atoms with E-state index in [1.807, 2.05) is 30.3 Å². The molecular weight excluding hydrogens is 260 g/mol. The van der Waals surface area contributed by atoms with E-state index in [9.17, 15) is 20.1 Å². The van der Waals surface area contributed by atoms with Gasteiger partial charge in [-0.1, -0.05) is 36.4 Å². The molecular formula is C15H18O5. The van der Waals surface area contributed by atoms with Crippen LogP contribution >= 0.6 is 0 Å². The lowest BCUT2D eigenvalue weighted by Gasteiger charge is -2.34. The summed E-state index contributed by atoms with van der Waals surface area (Å²) in [6, 6.07) is 9.37. The normalized spacial score (nSPS) is 30.6. The third-order valence-electron chi connectivity index (χ3n) is 3.27. The van der Waals surface area contributed by atoms with Crippen molar-refractivity contribution in [2.24, 2.45) is 0 Å². The van der Waals surface area contributed by atoms with E-state index in [1.54, 1.807) is 6.08 Å². The zero-order valence-electron chi connectivity index (χ0n) is 10.9. The number of aliphatic hydroxyl groups excluding tert-OH is 3. The van der Waals surface area contributed by atoms with Gasteiger partial charge in [0.2, 0.25) is 0 Å². The Hall–Kier alpha value is -1.53. The van der Waals surface area contributed by atoms with Crippen molar-refractivity contribution in [2.75, 3.05) is 6.61 Å². The lowest BCUT2D eigenvalue weighted by Crippen LogP contribution is -2.53. The molecule has 1 aromatic carbocycles. The van der Waals surface area contributed by atoms with Crippen LogP contribution in [0.2, 0.25) is 0 Å². The molecule has 0 radical (unpaired) electrons. The molecule has 0 aliphatic carbocycles. The Bertz CT molecular complexity index is 470. The maximum atomic E-state index is 11.8. The Morgan fingerprint density at radius 3 is 2.60 bits per heavy atom. The number of hydrogen-bond acceptors (Lipinski definition) is 5. The number of benzene rings is 1. The number of carbonyl (C=O) groups is 1. The monoisotopic (exact) mass is 278 g/mol. The predicted molar refractivity (Wildman–Crippen MR) is 72.9 cm³/mol. The van der Waals surface area contributed by atoms with E-state index >= 15 is 0 Å². The topological polar surface area (TPSA) is 87.0 Å². The lowest BCUT2D eigenvalue weighted by molar-refractivity contribution is -0.188. The lowest BCUT2D eigenvalue weighted by atomic mass is 9.96. The van der Waals surface area contributed by atoms with Gasteiger partial charge in [0.15, 0.2) is 5.78 Å². The van der Waals surface area contributed by atoms with E-state index in [1.165, 1.54) is 6.08 Å². The highest BCUT2D eigenvalue weighted by atomic mass is 16.5. The first kappa shape index (κ1) is 14.9. The molecule has 0 bridgehead atoms. The standard InChI is InChI=1S/C15H18O5/c16-11(7-6-10-4-2-1-3-5-10)8-13-15(19)14(18)12(17)9-20-13/h1-7,12-15,17-19H,8-9H2/b7-6+/t12-,13?,14-,15+/m1/s1. The zero-order chi connectivity index (χ0) is 14.5. The molecule has 1 aliphatic rings. The molecule has 1 aromatic rings. The van der Waals surface area contributed by atoms with E-state index in [2.05, 4.69) is 0 Å². The molecule has 2 rings (SSSR count). The third kappa shape index (κ3) is 3.74. The van der Waals surface area contributed by atoms with Crippen molar-refractivity contribution in [2.45, 2.75) is 30.8 Å². The van der Waals surface area contributed by atoms with Crippen LogP contribution in [0.4, 0.5) is 0 Å². The summed E-state index contributed by atoms with van der Waals surface area (Å²) < 4.78 is 5.18. The molecule has 5 nitrogen and oxygen atoms in total. The van der Waals surface area contributed by atoms with E-state index < -0.39 is 24.4 Å². The molecule has 0 amide bonds. The van der Waals surface area contributed by atoms with E-state index in [0.717, 1.165) is 5.56 Å². The van der Waals surface area contributed by atoms with Gasteiger partial charge in [-0.15, -0.1) is 0 Å². The number of aliphatic hydroxyl groups is 3. The second kappa shape index (κ2) is 6.76. The van der Waals surface area contributed by atoms with Gasteiger partial charge in [0.1, 0.15) is 18.3 Å². The highest BCUT2D eigenvalue weighted by Gasteiger charge is 2.37. The highest BCUT2D eigenvalue weighted by Crippen LogP contribution is 2.18. The van der Waals surface area contributed by atoms with Crippen molar-refractivity contribution < 1.29 is 24.9 Å². The van der Waals surface area contributed by atoms with Crippen molar-refractivity contribution >= 4 is 11.9 Å². The number of ether oxygens (including phenoxy) is 1. The molecule has 20 heavy (non-hydrogen) atoms. The van der Waals surface area contributed by atoms with Crippen LogP contribution in [0.3, 0.4) is 0 Å². The van der Waals surface area contributed by atoms with Gasteiger partial charge in [0, 0.05) is 6.42 Å². The van der Waals surface area contributed by atoms with Crippen LogP contribution in [-0.2, 0) is 9.53 Å². The van der Waals surface area contributed by atoms with Gasteiger partial charge >= 0.3 is 0 Å². The summed E-state index contributed by atoms with van der Waals surface area (Å²) in [5.74, 6) is -0.207. The second-order valence-electron chi connectivity index (χ2n) is 4.83. The summed E-state index contributed by atoms with van der Waals surface area (Å²) in [6.45, 7) is -0.0847. The highest BCUT2D eigenvalue weighted by molar-refractivity contribution is 5.93. The van der Waals surface area contributed by atoms with Crippen molar-refractivity contribution in [3.05, 3.63) is 42.0 Å². The van der Waals surface area contributed by atoms with Crippen LogP contribution in [0, 0.1) is 0 Å². The molecule has 0 spiro atoms. The molecule has 3 N–H and O–H groups in total. The average molecular weight is 278 g/mol. The predicted octanol–water partition coefficient (Wildman–Crippen LogP) is 0.141. The fourth-order valence-electron chi connectivity index (χ4n) is 2.07. The number of carbonyl (C=O) groups excluding carboxylic acids is 1. The summed E-state index contributed by atoms with van der Waals surface area (Å²) in [5, 5.41) is 28.6. The van der Waals surface area contributed by atoms with Gasteiger partial charge in [-0.3, -0.25) is 4.79 Å². The van der Waals surface area contributed by atoms with Crippen LogP contribution in [0.25, 0.3) is 6.08 Å². The van der Waals surface area contributed by atoms with Crippen molar-refractivity contribution in [3.63, 3.8) is 0 Å². The first-order valence-electron chi connectivity index (χ1n) is 6.49. The first-order valence-corrected chi connectivity index (χ1v) is 6.49. The molecule has 1 fully saturated rings. The molecule has 108 valence electrons. The van der Waals surface area contributed by atoms with Gasteiger partial charge in [-0.2, -0.15) is 0 Å².